The minimum atomic E-state index is -0.617. The van der Waals surface area contributed by atoms with E-state index in [1.807, 2.05) is 12.1 Å². The molecule has 0 aliphatic carbocycles. The summed E-state index contributed by atoms with van der Waals surface area (Å²) in [4.78, 5) is 30.9. The number of carbonyl (C=O) groups excluding carboxylic acids is 2. The fourth-order valence-corrected chi connectivity index (χ4v) is 3.29. The number of hydrogen-bond donors (Lipinski definition) is 4. The second-order valence-corrected chi connectivity index (χ2v) is 7.52. The van der Waals surface area contributed by atoms with Gasteiger partial charge in [-0.25, -0.2) is 14.6 Å². The molecule has 9 nitrogen and oxygen atoms in total. The normalized spacial score (nSPS) is 10.4. The first-order valence-electron chi connectivity index (χ1n) is 9.45. The Hall–Kier alpha value is -4.05. The number of methoxy groups -OCH3 is 1. The quantitative estimate of drug-likeness (QED) is 0.273. The second-order valence-electron chi connectivity index (χ2n) is 6.60. The molecule has 0 bridgehead atoms. The summed E-state index contributed by atoms with van der Waals surface area (Å²) in [6.07, 6.45) is -0.617. The number of nitrogens with zero attached hydrogens (tertiary/aromatic N) is 1. The van der Waals surface area contributed by atoms with Crippen LogP contribution in [0.5, 0.6) is 11.5 Å². The summed E-state index contributed by atoms with van der Waals surface area (Å²) < 4.78 is 11.3. The van der Waals surface area contributed by atoms with E-state index in [9.17, 15) is 9.59 Å². The number of benzene rings is 3. The number of H-pyrrole nitrogens is 1. The second kappa shape index (κ2) is 9.40. The molecule has 0 fully saturated rings. The fraction of sp³-hybridized carbons (Fsp3) is 0.0455. The highest BCUT2D eigenvalue weighted by atomic mass is 79.9. The van der Waals surface area contributed by atoms with Crippen molar-refractivity contribution >= 4 is 56.4 Å². The van der Waals surface area contributed by atoms with Gasteiger partial charge in [0.05, 0.1) is 18.1 Å². The monoisotopic (exact) mass is 495 g/mol. The van der Waals surface area contributed by atoms with E-state index in [0.29, 0.717) is 33.9 Å². The lowest BCUT2D eigenvalue weighted by Crippen LogP contribution is -2.19. The van der Waals surface area contributed by atoms with Gasteiger partial charge < -0.3 is 25.1 Å². The SMILES string of the molecule is COC(=O)Nc1nc2ccc(Oc3cccc(NC(=O)Nc4cccc(Br)c4)c3)cc2[nH]1. The van der Waals surface area contributed by atoms with Crippen LogP contribution in [0.3, 0.4) is 0 Å². The zero-order valence-corrected chi connectivity index (χ0v) is 18.4. The van der Waals surface area contributed by atoms with Crippen LogP contribution in [0, 0.1) is 0 Å². The Labute approximate surface area is 191 Å². The van der Waals surface area contributed by atoms with E-state index in [1.165, 1.54) is 7.11 Å². The molecular formula is C22H18BrN5O4. The third-order valence-corrected chi connectivity index (χ3v) is 4.76. The Balaban J connectivity index is 1.43. The molecule has 3 amide bonds. The molecule has 1 aromatic heterocycles. The van der Waals surface area contributed by atoms with Gasteiger partial charge in [0.25, 0.3) is 0 Å². The molecule has 4 aromatic rings. The van der Waals surface area contributed by atoms with Gasteiger partial charge in [0.2, 0.25) is 5.95 Å². The third-order valence-electron chi connectivity index (χ3n) is 4.27. The third kappa shape index (κ3) is 5.35. The van der Waals surface area contributed by atoms with Gasteiger partial charge in [-0.05, 0) is 42.5 Å². The number of anilines is 3. The maximum atomic E-state index is 12.3. The van der Waals surface area contributed by atoms with Crippen molar-refractivity contribution in [2.24, 2.45) is 0 Å². The highest BCUT2D eigenvalue weighted by molar-refractivity contribution is 9.10. The van der Waals surface area contributed by atoms with Crippen LogP contribution in [-0.4, -0.2) is 29.2 Å². The van der Waals surface area contributed by atoms with Gasteiger partial charge in [0.15, 0.2) is 0 Å². The predicted molar refractivity (Wildman–Crippen MR) is 125 cm³/mol. The molecule has 4 rings (SSSR count). The van der Waals surface area contributed by atoms with Crippen LogP contribution in [0.25, 0.3) is 11.0 Å². The van der Waals surface area contributed by atoms with Crippen molar-refractivity contribution in [1.29, 1.82) is 0 Å². The van der Waals surface area contributed by atoms with Gasteiger partial charge in [-0.15, -0.1) is 0 Å². The number of ether oxygens (including phenoxy) is 2. The minimum Gasteiger partial charge on any atom is -0.457 e. The molecular weight excluding hydrogens is 478 g/mol. The summed E-state index contributed by atoms with van der Waals surface area (Å²) in [5.74, 6) is 1.37. The van der Waals surface area contributed by atoms with E-state index in [1.54, 1.807) is 54.6 Å². The number of aromatic amines is 1. The van der Waals surface area contributed by atoms with Crippen LogP contribution in [0.2, 0.25) is 0 Å². The van der Waals surface area contributed by atoms with Gasteiger partial charge in [-0.2, -0.15) is 0 Å². The van der Waals surface area contributed by atoms with Crippen LogP contribution in [0.15, 0.2) is 71.2 Å². The molecule has 1 heterocycles. The molecule has 0 spiro atoms. The minimum absolute atomic E-state index is 0.270. The van der Waals surface area contributed by atoms with E-state index in [0.717, 1.165) is 4.47 Å². The van der Waals surface area contributed by atoms with Gasteiger partial charge >= 0.3 is 12.1 Å². The number of urea groups is 1. The van der Waals surface area contributed by atoms with E-state index in [4.69, 9.17) is 4.74 Å². The summed E-state index contributed by atoms with van der Waals surface area (Å²) in [6.45, 7) is 0. The lowest BCUT2D eigenvalue weighted by atomic mass is 10.3. The number of nitrogens with one attached hydrogen (secondary N) is 4. The van der Waals surface area contributed by atoms with Gasteiger partial charge in [-0.1, -0.05) is 28.1 Å². The number of amides is 3. The van der Waals surface area contributed by atoms with Crippen molar-refractivity contribution in [3.05, 3.63) is 71.2 Å². The molecule has 0 saturated carbocycles. The Bertz CT molecular complexity index is 1290. The summed E-state index contributed by atoms with van der Waals surface area (Å²) in [6, 6.07) is 19.2. The molecule has 0 aliphatic rings. The number of aromatic nitrogens is 2. The lowest BCUT2D eigenvalue weighted by molar-refractivity contribution is 0.186. The molecule has 4 N–H and O–H groups in total. The Kier molecular flexibility index (Phi) is 6.22. The number of imidazole rings is 1. The first kappa shape index (κ1) is 21.2. The number of rotatable bonds is 5. The van der Waals surface area contributed by atoms with E-state index >= 15 is 0 Å². The van der Waals surface area contributed by atoms with Crippen LogP contribution < -0.4 is 20.7 Å². The van der Waals surface area contributed by atoms with Crippen LogP contribution in [0.1, 0.15) is 0 Å². The van der Waals surface area contributed by atoms with Crippen molar-refractivity contribution < 1.29 is 19.1 Å². The zero-order valence-electron chi connectivity index (χ0n) is 16.8. The summed E-state index contributed by atoms with van der Waals surface area (Å²) in [5, 5.41) is 8.03. The molecule has 162 valence electrons. The van der Waals surface area contributed by atoms with Crippen LogP contribution >= 0.6 is 15.9 Å². The molecule has 0 radical (unpaired) electrons. The highest BCUT2D eigenvalue weighted by Gasteiger charge is 2.09. The molecule has 0 saturated heterocycles. The van der Waals surface area contributed by atoms with Crippen LogP contribution in [-0.2, 0) is 4.74 Å². The first-order valence-corrected chi connectivity index (χ1v) is 10.2. The smallest absolute Gasteiger partial charge is 0.413 e. The maximum absolute atomic E-state index is 12.3. The van der Waals surface area contributed by atoms with E-state index in [-0.39, 0.29) is 12.0 Å². The molecule has 3 aromatic carbocycles. The van der Waals surface area contributed by atoms with Crippen molar-refractivity contribution in [2.45, 2.75) is 0 Å². The predicted octanol–water partition coefficient (Wildman–Crippen LogP) is 5.94. The number of carbonyl (C=O) groups is 2. The standard InChI is InChI=1S/C22H18BrN5O4/c1-31-22(30)28-20-26-18-9-8-17(12-19(18)27-20)32-16-7-3-6-15(11-16)25-21(29)24-14-5-2-4-13(23)10-14/h2-12H,1H3,(H2,24,25,29)(H2,26,27,28,30). The number of fused-ring (bicyclic) bond motifs is 1. The molecule has 0 unspecified atom stereocenters. The summed E-state index contributed by atoms with van der Waals surface area (Å²) in [7, 11) is 1.28. The first-order chi connectivity index (χ1) is 15.5. The van der Waals surface area contributed by atoms with Crippen molar-refractivity contribution in [3.8, 4) is 11.5 Å². The van der Waals surface area contributed by atoms with Gasteiger partial charge in [0, 0.05) is 28.0 Å². The molecule has 32 heavy (non-hydrogen) atoms. The summed E-state index contributed by atoms with van der Waals surface area (Å²) >= 11 is 3.37. The zero-order chi connectivity index (χ0) is 22.5. The molecule has 0 aliphatic heterocycles. The molecule has 0 atom stereocenters. The van der Waals surface area contributed by atoms with Crippen LogP contribution in [0.4, 0.5) is 26.9 Å². The largest absolute Gasteiger partial charge is 0.457 e. The van der Waals surface area contributed by atoms with Crippen molar-refractivity contribution in [3.63, 3.8) is 0 Å². The topological polar surface area (TPSA) is 117 Å². The van der Waals surface area contributed by atoms with Gasteiger partial charge in [0.1, 0.15) is 11.5 Å². The number of hydrogen-bond acceptors (Lipinski definition) is 5. The number of halogens is 1. The van der Waals surface area contributed by atoms with Crippen molar-refractivity contribution in [1.82, 2.24) is 9.97 Å². The molecule has 10 heteroatoms. The van der Waals surface area contributed by atoms with Crippen molar-refractivity contribution in [2.75, 3.05) is 23.1 Å². The Morgan fingerprint density at radius 1 is 0.906 bits per heavy atom. The fourth-order valence-electron chi connectivity index (χ4n) is 2.89. The van der Waals surface area contributed by atoms with E-state index in [2.05, 4.69) is 46.6 Å². The van der Waals surface area contributed by atoms with E-state index < -0.39 is 6.09 Å². The highest BCUT2D eigenvalue weighted by Crippen LogP contribution is 2.27. The average molecular weight is 496 g/mol. The van der Waals surface area contributed by atoms with Gasteiger partial charge in [-0.3, -0.25) is 5.32 Å². The summed E-state index contributed by atoms with van der Waals surface area (Å²) in [5.41, 5.74) is 2.57. The Morgan fingerprint density at radius 2 is 1.62 bits per heavy atom. The Morgan fingerprint density at radius 3 is 2.38 bits per heavy atom. The maximum Gasteiger partial charge on any atom is 0.413 e. The lowest BCUT2D eigenvalue weighted by Gasteiger charge is -2.10. The average Bonchev–Trinajstić information content (AvgIpc) is 3.15.